The number of ether oxygens (including phenoxy) is 1. The first kappa shape index (κ1) is 14.9. The zero-order valence-electron chi connectivity index (χ0n) is 11.0. The standard InChI is InChI=1S/C14H15BrN2O2S/c1-17(7-13-5-10(15)9-20-13)14(18)8-19-12-4-2-3-11(16)6-12/h2-6,9H,7-8,16H2,1H3. The third kappa shape index (κ3) is 4.25. The van der Waals surface area contributed by atoms with Crippen LogP contribution in [0, 0.1) is 0 Å². The first-order valence-electron chi connectivity index (χ1n) is 6.00. The number of rotatable bonds is 5. The van der Waals surface area contributed by atoms with E-state index in [1.54, 1.807) is 47.5 Å². The van der Waals surface area contributed by atoms with Gasteiger partial charge in [0.15, 0.2) is 6.61 Å². The molecule has 0 atom stereocenters. The summed E-state index contributed by atoms with van der Waals surface area (Å²) in [4.78, 5) is 14.7. The van der Waals surface area contributed by atoms with Crippen molar-refractivity contribution in [3.8, 4) is 5.75 Å². The molecule has 0 aliphatic rings. The molecule has 0 spiro atoms. The molecule has 0 bridgehead atoms. The van der Waals surface area contributed by atoms with E-state index in [0.29, 0.717) is 18.0 Å². The highest BCUT2D eigenvalue weighted by Gasteiger charge is 2.11. The van der Waals surface area contributed by atoms with E-state index in [1.165, 1.54) is 0 Å². The molecule has 20 heavy (non-hydrogen) atoms. The van der Waals surface area contributed by atoms with Crippen LogP contribution in [0.4, 0.5) is 5.69 Å². The average molecular weight is 355 g/mol. The molecular weight excluding hydrogens is 340 g/mol. The summed E-state index contributed by atoms with van der Waals surface area (Å²) in [5, 5.41) is 2.00. The Kier molecular flexibility index (Phi) is 5.03. The van der Waals surface area contributed by atoms with Gasteiger partial charge in [-0.3, -0.25) is 4.79 Å². The Morgan fingerprint density at radius 1 is 1.45 bits per heavy atom. The first-order chi connectivity index (χ1) is 9.54. The van der Waals surface area contributed by atoms with Gasteiger partial charge in [0.2, 0.25) is 0 Å². The van der Waals surface area contributed by atoms with Crippen LogP contribution in [0.1, 0.15) is 4.88 Å². The Labute approximate surface area is 130 Å². The Hall–Kier alpha value is -1.53. The molecule has 6 heteroatoms. The van der Waals surface area contributed by atoms with E-state index in [9.17, 15) is 4.79 Å². The number of nitrogens with two attached hydrogens (primary N) is 1. The van der Waals surface area contributed by atoms with Gasteiger partial charge in [0, 0.05) is 33.5 Å². The van der Waals surface area contributed by atoms with Crippen LogP contribution in [0.5, 0.6) is 5.75 Å². The van der Waals surface area contributed by atoms with Crippen molar-refractivity contribution in [2.45, 2.75) is 6.54 Å². The Balaban J connectivity index is 1.85. The molecule has 1 heterocycles. The van der Waals surface area contributed by atoms with Crippen LogP contribution >= 0.6 is 27.3 Å². The summed E-state index contributed by atoms with van der Waals surface area (Å²) in [6, 6.07) is 9.05. The van der Waals surface area contributed by atoms with E-state index in [2.05, 4.69) is 15.9 Å². The number of anilines is 1. The summed E-state index contributed by atoms with van der Waals surface area (Å²) in [6.45, 7) is 0.585. The molecule has 1 aromatic carbocycles. The second-order valence-corrected chi connectivity index (χ2v) is 6.25. The highest BCUT2D eigenvalue weighted by molar-refractivity contribution is 9.10. The lowest BCUT2D eigenvalue weighted by Crippen LogP contribution is -2.30. The highest BCUT2D eigenvalue weighted by Crippen LogP contribution is 2.21. The first-order valence-corrected chi connectivity index (χ1v) is 7.67. The second-order valence-electron chi connectivity index (χ2n) is 4.34. The van der Waals surface area contributed by atoms with E-state index in [4.69, 9.17) is 10.5 Å². The van der Waals surface area contributed by atoms with E-state index < -0.39 is 0 Å². The molecule has 0 unspecified atom stereocenters. The Bertz CT molecular complexity index is 600. The highest BCUT2D eigenvalue weighted by atomic mass is 79.9. The van der Waals surface area contributed by atoms with Gasteiger partial charge in [-0.1, -0.05) is 6.07 Å². The van der Waals surface area contributed by atoms with Crippen molar-refractivity contribution >= 4 is 38.9 Å². The minimum absolute atomic E-state index is 0.00645. The molecule has 1 amide bonds. The number of likely N-dealkylation sites (N-methyl/N-ethyl adjacent to an activating group) is 1. The smallest absolute Gasteiger partial charge is 0.260 e. The molecule has 0 aliphatic heterocycles. The number of hydrogen-bond acceptors (Lipinski definition) is 4. The lowest BCUT2D eigenvalue weighted by atomic mass is 10.3. The van der Waals surface area contributed by atoms with Gasteiger partial charge in [0.25, 0.3) is 5.91 Å². The van der Waals surface area contributed by atoms with Crippen molar-refractivity contribution in [3.63, 3.8) is 0 Å². The fourth-order valence-corrected chi connectivity index (χ4v) is 3.12. The van der Waals surface area contributed by atoms with Gasteiger partial charge in [-0.25, -0.2) is 0 Å². The number of nitrogens with zero attached hydrogens (tertiary/aromatic N) is 1. The van der Waals surface area contributed by atoms with E-state index in [-0.39, 0.29) is 12.5 Å². The van der Waals surface area contributed by atoms with Crippen molar-refractivity contribution in [1.82, 2.24) is 4.90 Å². The molecular formula is C14H15BrN2O2S. The van der Waals surface area contributed by atoms with Crippen molar-refractivity contribution in [2.24, 2.45) is 0 Å². The van der Waals surface area contributed by atoms with E-state index >= 15 is 0 Å². The van der Waals surface area contributed by atoms with Crippen LogP contribution in [0.2, 0.25) is 0 Å². The number of thiophene rings is 1. The summed E-state index contributed by atoms with van der Waals surface area (Å²) in [7, 11) is 1.76. The normalized spacial score (nSPS) is 10.3. The Morgan fingerprint density at radius 2 is 2.25 bits per heavy atom. The number of carbonyl (C=O) groups excluding carboxylic acids is 1. The monoisotopic (exact) mass is 354 g/mol. The van der Waals surface area contributed by atoms with Crippen molar-refractivity contribution in [1.29, 1.82) is 0 Å². The number of amides is 1. The predicted octanol–water partition coefficient (Wildman–Crippen LogP) is 3.13. The summed E-state index contributed by atoms with van der Waals surface area (Å²) in [5.74, 6) is 0.530. The molecule has 0 radical (unpaired) electrons. The van der Waals surface area contributed by atoms with Crippen LogP contribution in [0.3, 0.4) is 0 Å². The predicted molar refractivity (Wildman–Crippen MR) is 84.8 cm³/mol. The van der Waals surface area contributed by atoms with Gasteiger partial charge in [0.05, 0.1) is 6.54 Å². The molecule has 1 aromatic heterocycles. The second kappa shape index (κ2) is 6.76. The quantitative estimate of drug-likeness (QED) is 0.839. The van der Waals surface area contributed by atoms with Gasteiger partial charge >= 0.3 is 0 Å². The summed E-state index contributed by atoms with van der Waals surface area (Å²) < 4.78 is 6.47. The molecule has 0 saturated carbocycles. The maximum absolute atomic E-state index is 12.0. The SMILES string of the molecule is CN(Cc1cc(Br)cs1)C(=O)COc1cccc(N)c1. The van der Waals surface area contributed by atoms with Crippen molar-refractivity contribution in [3.05, 3.63) is 45.1 Å². The van der Waals surface area contributed by atoms with Gasteiger partial charge in [-0.2, -0.15) is 0 Å². The van der Waals surface area contributed by atoms with E-state index in [1.807, 2.05) is 11.4 Å². The largest absolute Gasteiger partial charge is 0.484 e. The van der Waals surface area contributed by atoms with Gasteiger partial charge < -0.3 is 15.4 Å². The molecule has 2 N–H and O–H groups in total. The van der Waals surface area contributed by atoms with Crippen molar-refractivity contribution < 1.29 is 9.53 Å². The molecule has 2 rings (SSSR count). The number of hydrogen-bond donors (Lipinski definition) is 1. The minimum atomic E-state index is -0.0723. The van der Waals surface area contributed by atoms with E-state index in [0.717, 1.165) is 9.35 Å². The number of benzene rings is 1. The van der Waals surface area contributed by atoms with Gasteiger partial charge in [0.1, 0.15) is 5.75 Å². The number of halogens is 1. The van der Waals surface area contributed by atoms with Crippen LogP contribution in [-0.4, -0.2) is 24.5 Å². The molecule has 2 aromatic rings. The summed E-state index contributed by atoms with van der Waals surface area (Å²) >= 11 is 5.01. The Morgan fingerprint density at radius 3 is 2.90 bits per heavy atom. The summed E-state index contributed by atoms with van der Waals surface area (Å²) in [6.07, 6.45) is 0. The molecule has 0 saturated heterocycles. The lowest BCUT2D eigenvalue weighted by molar-refractivity contribution is -0.132. The zero-order chi connectivity index (χ0) is 14.5. The zero-order valence-corrected chi connectivity index (χ0v) is 13.4. The third-order valence-electron chi connectivity index (χ3n) is 2.66. The fourth-order valence-electron chi connectivity index (χ4n) is 1.62. The fraction of sp³-hybridized carbons (Fsp3) is 0.214. The topological polar surface area (TPSA) is 55.6 Å². The third-order valence-corrected chi connectivity index (χ3v) is 4.34. The molecule has 0 fully saturated rings. The molecule has 106 valence electrons. The van der Waals surface area contributed by atoms with Crippen LogP contribution < -0.4 is 10.5 Å². The van der Waals surface area contributed by atoms with Crippen LogP contribution in [0.15, 0.2) is 40.2 Å². The number of carbonyl (C=O) groups is 1. The lowest BCUT2D eigenvalue weighted by Gasteiger charge is -2.16. The number of nitrogen functional groups attached to an aromatic ring is 1. The minimum Gasteiger partial charge on any atom is -0.484 e. The maximum Gasteiger partial charge on any atom is 0.260 e. The van der Waals surface area contributed by atoms with Crippen LogP contribution in [0.25, 0.3) is 0 Å². The van der Waals surface area contributed by atoms with Gasteiger partial charge in [-0.15, -0.1) is 11.3 Å². The maximum atomic E-state index is 12.0. The summed E-state index contributed by atoms with van der Waals surface area (Å²) in [5.41, 5.74) is 6.27. The molecule has 4 nitrogen and oxygen atoms in total. The van der Waals surface area contributed by atoms with Gasteiger partial charge in [-0.05, 0) is 34.1 Å². The average Bonchev–Trinajstić information content (AvgIpc) is 2.81. The molecule has 0 aliphatic carbocycles. The van der Waals surface area contributed by atoms with Crippen molar-refractivity contribution in [2.75, 3.05) is 19.4 Å². The van der Waals surface area contributed by atoms with Crippen LogP contribution in [-0.2, 0) is 11.3 Å².